The first-order chi connectivity index (χ1) is 9.67. The second kappa shape index (κ2) is 5.37. The van der Waals surface area contributed by atoms with E-state index in [9.17, 15) is 0 Å². The van der Waals surface area contributed by atoms with Crippen LogP contribution in [0.4, 0.5) is 0 Å². The van der Waals surface area contributed by atoms with Crippen molar-refractivity contribution in [2.24, 2.45) is 11.7 Å². The Balaban J connectivity index is 1.86. The van der Waals surface area contributed by atoms with E-state index in [0.717, 1.165) is 44.0 Å². The van der Waals surface area contributed by atoms with Gasteiger partial charge in [0.25, 0.3) is 0 Å². The highest BCUT2D eigenvalue weighted by atomic mass is 15.3. The van der Waals surface area contributed by atoms with Crippen LogP contribution in [0.2, 0.25) is 0 Å². The maximum atomic E-state index is 5.77. The zero-order valence-electron chi connectivity index (χ0n) is 12.3. The zero-order chi connectivity index (χ0) is 14.1. The van der Waals surface area contributed by atoms with Crippen LogP contribution in [0, 0.1) is 19.8 Å². The molecule has 0 saturated carbocycles. The fraction of sp³-hybridized carbons (Fsp3) is 0.500. The van der Waals surface area contributed by atoms with Crippen molar-refractivity contribution in [1.29, 1.82) is 0 Å². The normalized spacial score (nSPS) is 18.1. The molecule has 2 aromatic rings. The Kier molecular flexibility index (Phi) is 3.57. The Labute approximate surface area is 120 Å². The summed E-state index contributed by atoms with van der Waals surface area (Å²) in [7, 11) is 0. The first-order valence-corrected chi connectivity index (χ1v) is 7.34. The molecule has 0 spiro atoms. The molecular weight excluding hydrogens is 248 g/mol. The minimum absolute atomic E-state index is 0.570. The standard InChI is InChI=1S/C16H22N4/c1-11-3-4-12(2)14(7-11)9-16-19-18-15-8-13(10-17)5-6-20(15)16/h3-4,7,13H,5-6,8-10,17H2,1-2H3. The lowest BCUT2D eigenvalue weighted by molar-refractivity contribution is 0.385. The van der Waals surface area contributed by atoms with Gasteiger partial charge in [0.05, 0.1) is 0 Å². The van der Waals surface area contributed by atoms with Crippen LogP contribution in [-0.2, 0) is 19.4 Å². The molecule has 1 aliphatic rings. The first-order valence-electron chi connectivity index (χ1n) is 7.34. The fourth-order valence-corrected chi connectivity index (χ4v) is 2.95. The van der Waals surface area contributed by atoms with Crippen molar-refractivity contribution in [2.75, 3.05) is 6.54 Å². The van der Waals surface area contributed by atoms with Crippen LogP contribution in [0.5, 0.6) is 0 Å². The summed E-state index contributed by atoms with van der Waals surface area (Å²) in [6.07, 6.45) is 2.98. The molecule has 0 amide bonds. The average molecular weight is 270 g/mol. The number of fused-ring (bicyclic) bond motifs is 1. The van der Waals surface area contributed by atoms with Gasteiger partial charge in [-0.25, -0.2) is 0 Å². The topological polar surface area (TPSA) is 56.7 Å². The van der Waals surface area contributed by atoms with E-state index in [1.54, 1.807) is 0 Å². The lowest BCUT2D eigenvalue weighted by atomic mass is 9.97. The third-order valence-electron chi connectivity index (χ3n) is 4.32. The summed E-state index contributed by atoms with van der Waals surface area (Å²) >= 11 is 0. The van der Waals surface area contributed by atoms with Crippen LogP contribution >= 0.6 is 0 Å². The van der Waals surface area contributed by atoms with Gasteiger partial charge >= 0.3 is 0 Å². The van der Waals surface area contributed by atoms with Gasteiger partial charge in [0.1, 0.15) is 11.6 Å². The molecule has 20 heavy (non-hydrogen) atoms. The lowest BCUT2D eigenvalue weighted by Gasteiger charge is -2.22. The highest BCUT2D eigenvalue weighted by Gasteiger charge is 2.22. The quantitative estimate of drug-likeness (QED) is 0.928. The van der Waals surface area contributed by atoms with Gasteiger partial charge in [0.2, 0.25) is 0 Å². The molecule has 0 fully saturated rings. The molecule has 4 heteroatoms. The van der Waals surface area contributed by atoms with Crippen LogP contribution in [0.15, 0.2) is 18.2 Å². The number of aromatic nitrogens is 3. The predicted molar refractivity (Wildman–Crippen MR) is 79.6 cm³/mol. The number of rotatable bonds is 3. The van der Waals surface area contributed by atoms with E-state index in [2.05, 4.69) is 46.8 Å². The van der Waals surface area contributed by atoms with Gasteiger partial charge in [-0.2, -0.15) is 0 Å². The molecule has 1 aromatic carbocycles. The highest BCUT2D eigenvalue weighted by molar-refractivity contribution is 5.32. The molecule has 106 valence electrons. The predicted octanol–water partition coefficient (Wildman–Crippen LogP) is 2.01. The Morgan fingerprint density at radius 1 is 1.30 bits per heavy atom. The van der Waals surface area contributed by atoms with Crippen LogP contribution in [-0.4, -0.2) is 21.3 Å². The number of hydrogen-bond donors (Lipinski definition) is 1. The minimum atomic E-state index is 0.570. The van der Waals surface area contributed by atoms with Gasteiger partial charge in [-0.05, 0) is 43.9 Å². The van der Waals surface area contributed by atoms with E-state index in [4.69, 9.17) is 5.73 Å². The highest BCUT2D eigenvalue weighted by Crippen LogP contribution is 2.22. The molecule has 1 atom stereocenters. The Morgan fingerprint density at radius 2 is 2.15 bits per heavy atom. The summed E-state index contributed by atoms with van der Waals surface area (Å²) in [5.74, 6) is 2.76. The Bertz CT molecular complexity index is 615. The van der Waals surface area contributed by atoms with Gasteiger partial charge in [-0.3, -0.25) is 0 Å². The molecule has 0 aliphatic carbocycles. The summed E-state index contributed by atoms with van der Waals surface area (Å²) < 4.78 is 2.29. The molecule has 1 aliphatic heterocycles. The average Bonchev–Trinajstić information content (AvgIpc) is 2.85. The summed E-state index contributed by atoms with van der Waals surface area (Å²) in [6.45, 7) is 6.05. The number of benzene rings is 1. The summed E-state index contributed by atoms with van der Waals surface area (Å²) in [6, 6.07) is 6.59. The maximum absolute atomic E-state index is 5.77. The van der Waals surface area contributed by atoms with Crippen LogP contribution in [0.3, 0.4) is 0 Å². The van der Waals surface area contributed by atoms with Crippen molar-refractivity contribution in [1.82, 2.24) is 14.8 Å². The van der Waals surface area contributed by atoms with Gasteiger partial charge < -0.3 is 10.3 Å². The van der Waals surface area contributed by atoms with Crippen molar-refractivity contribution in [3.8, 4) is 0 Å². The largest absolute Gasteiger partial charge is 0.330 e. The van der Waals surface area contributed by atoms with Crippen LogP contribution in [0.1, 0.15) is 34.8 Å². The summed E-state index contributed by atoms with van der Waals surface area (Å²) in [5, 5.41) is 8.77. The van der Waals surface area contributed by atoms with Gasteiger partial charge in [0.15, 0.2) is 0 Å². The first kappa shape index (κ1) is 13.3. The molecule has 2 N–H and O–H groups in total. The van der Waals surface area contributed by atoms with E-state index in [1.807, 2.05) is 0 Å². The number of aryl methyl sites for hydroxylation is 2. The Hall–Kier alpha value is -1.68. The summed E-state index contributed by atoms with van der Waals surface area (Å²) in [5.41, 5.74) is 9.74. The second-order valence-corrected chi connectivity index (χ2v) is 5.89. The fourth-order valence-electron chi connectivity index (χ4n) is 2.95. The monoisotopic (exact) mass is 270 g/mol. The smallest absolute Gasteiger partial charge is 0.137 e. The lowest BCUT2D eigenvalue weighted by Crippen LogP contribution is -2.26. The van der Waals surface area contributed by atoms with Gasteiger partial charge in [-0.15, -0.1) is 10.2 Å². The molecule has 1 aromatic heterocycles. The van der Waals surface area contributed by atoms with Crippen molar-refractivity contribution in [3.63, 3.8) is 0 Å². The summed E-state index contributed by atoms with van der Waals surface area (Å²) in [4.78, 5) is 0. The number of nitrogens with two attached hydrogens (primary N) is 1. The maximum Gasteiger partial charge on any atom is 0.137 e. The Morgan fingerprint density at radius 3 is 2.95 bits per heavy atom. The van der Waals surface area contributed by atoms with Gasteiger partial charge in [-0.1, -0.05) is 23.8 Å². The minimum Gasteiger partial charge on any atom is -0.330 e. The molecule has 0 radical (unpaired) electrons. The number of nitrogens with zero attached hydrogens (tertiary/aromatic N) is 3. The molecule has 2 heterocycles. The third kappa shape index (κ3) is 2.48. The van der Waals surface area contributed by atoms with E-state index < -0.39 is 0 Å². The second-order valence-electron chi connectivity index (χ2n) is 5.89. The van der Waals surface area contributed by atoms with Crippen LogP contribution in [0.25, 0.3) is 0 Å². The van der Waals surface area contributed by atoms with Crippen LogP contribution < -0.4 is 5.73 Å². The van der Waals surface area contributed by atoms with Crippen molar-refractivity contribution in [3.05, 3.63) is 46.5 Å². The molecular formula is C16H22N4. The van der Waals surface area contributed by atoms with E-state index in [-0.39, 0.29) is 0 Å². The zero-order valence-corrected chi connectivity index (χ0v) is 12.3. The molecule has 0 saturated heterocycles. The van der Waals surface area contributed by atoms with E-state index in [1.165, 1.54) is 16.7 Å². The molecule has 1 unspecified atom stereocenters. The molecule has 3 rings (SSSR count). The van der Waals surface area contributed by atoms with Crippen molar-refractivity contribution in [2.45, 2.75) is 39.7 Å². The van der Waals surface area contributed by atoms with E-state index >= 15 is 0 Å². The third-order valence-corrected chi connectivity index (χ3v) is 4.32. The SMILES string of the molecule is Cc1ccc(C)c(Cc2nnc3n2CCC(CN)C3)c1. The molecule has 4 nitrogen and oxygen atoms in total. The number of hydrogen-bond acceptors (Lipinski definition) is 3. The molecule has 0 bridgehead atoms. The van der Waals surface area contributed by atoms with Gasteiger partial charge in [0, 0.05) is 19.4 Å². The van der Waals surface area contributed by atoms with Crippen molar-refractivity contribution < 1.29 is 0 Å². The van der Waals surface area contributed by atoms with Crippen molar-refractivity contribution >= 4 is 0 Å². The van der Waals surface area contributed by atoms with E-state index in [0.29, 0.717) is 5.92 Å².